The first-order chi connectivity index (χ1) is 14.2. The molecule has 29 heavy (non-hydrogen) atoms. The number of nitrogens with one attached hydrogen (secondary N) is 1. The van der Waals surface area contributed by atoms with Gasteiger partial charge in [0.1, 0.15) is 5.54 Å². The summed E-state index contributed by atoms with van der Waals surface area (Å²) < 4.78 is 0. The Morgan fingerprint density at radius 3 is 2.55 bits per heavy atom. The second kappa shape index (κ2) is 7.47. The van der Waals surface area contributed by atoms with Gasteiger partial charge in [-0.25, -0.2) is 0 Å². The largest absolute Gasteiger partial charge is 0.388 e. The SMILES string of the molecule is O=C1NCN(c2ccccc2)C12CCN(C[C@@H]1CCc3ccccc3[C@H]1O)CC2. The third kappa shape index (κ3) is 3.22. The Bertz CT molecular complexity index is 877. The molecule has 0 radical (unpaired) electrons. The Kier molecular flexibility index (Phi) is 4.80. The van der Waals surface area contributed by atoms with E-state index in [2.05, 4.69) is 45.4 Å². The van der Waals surface area contributed by atoms with Crippen molar-refractivity contribution in [3.8, 4) is 0 Å². The summed E-state index contributed by atoms with van der Waals surface area (Å²) in [7, 11) is 0. The molecule has 2 heterocycles. The van der Waals surface area contributed by atoms with E-state index in [4.69, 9.17) is 0 Å². The normalized spacial score (nSPS) is 26.4. The van der Waals surface area contributed by atoms with Gasteiger partial charge >= 0.3 is 0 Å². The van der Waals surface area contributed by atoms with Crippen molar-refractivity contribution in [1.82, 2.24) is 10.2 Å². The number of para-hydroxylation sites is 1. The Hall–Kier alpha value is -2.37. The molecule has 0 saturated carbocycles. The van der Waals surface area contributed by atoms with Crippen molar-refractivity contribution >= 4 is 11.6 Å². The number of benzene rings is 2. The molecule has 2 atom stereocenters. The molecule has 2 saturated heterocycles. The lowest BCUT2D eigenvalue weighted by Gasteiger charge is -2.44. The van der Waals surface area contributed by atoms with Gasteiger partial charge in [-0.05, 0) is 48.9 Å². The van der Waals surface area contributed by atoms with Crippen LogP contribution in [0, 0.1) is 5.92 Å². The van der Waals surface area contributed by atoms with Crippen LogP contribution in [0.2, 0.25) is 0 Å². The van der Waals surface area contributed by atoms with Crippen LogP contribution in [0.15, 0.2) is 54.6 Å². The maximum Gasteiger partial charge on any atom is 0.247 e. The number of carbonyl (C=O) groups excluding carboxylic acids is 1. The Balaban J connectivity index is 1.26. The zero-order valence-corrected chi connectivity index (χ0v) is 16.8. The summed E-state index contributed by atoms with van der Waals surface area (Å²) in [6.45, 7) is 3.27. The third-order valence-electron chi connectivity index (χ3n) is 7.19. The molecule has 3 aliphatic rings. The molecule has 2 aromatic rings. The highest BCUT2D eigenvalue weighted by molar-refractivity contribution is 5.93. The second-order valence-electron chi connectivity index (χ2n) is 8.70. The number of anilines is 1. The van der Waals surface area contributed by atoms with E-state index in [9.17, 15) is 9.90 Å². The van der Waals surface area contributed by atoms with Gasteiger partial charge in [0.15, 0.2) is 0 Å². The molecule has 1 spiro atoms. The summed E-state index contributed by atoms with van der Waals surface area (Å²) in [4.78, 5) is 17.5. The molecule has 0 unspecified atom stereocenters. The minimum absolute atomic E-state index is 0.160. The number of aliphatic hydroxyl groups is 1. The van der Waals surface area contributed by atoms with E-state index >= 15 is 0 Å². The second-order valence-corrected chi connectivity index (χ2v) is 8.70. The van der Waals surface area contributed by atoms with Crippen molar-refractivity contribution < 1.29 is 9.90 Å². The van der Waals surface area contributed by atoms with E-state index in [0.717, 1.165) is 56.6 Å². The number of rotatable bonds is 3. The van der Waals surface area contributed by atoms with E-state index in [-0.39, 0.29) is 17.9 Å². The highest BCUT2D eigenvalue weighted by Crippen LogP contribution is 2.38. The van der Waals surface area contributed by atoms with Gasteiger partial charge in [-0.2, -0.15) is 0 Å². The van der Waals surface area contributed by atoms with Gasteiger partial charge in [-0.15, -0.1) is 0 Å². The van der Waals surface area contributed by atoms with E-state index in [1.54, 1.807) is 0 Å². The molecule has 5 rings (SSSR count). The molecule has 1 aliphatic carbocycles. The highest BCUT2D eigenvalue weighted by atomic mass is 16.3. The van der Waals surface area contributed by atoms with Crippen molar-refractivity contribution in [1.29, 1.82) is 0 Å². The van der Waals surface area contributed by atoms with Crippen molar-refractivity contribution in [2.75, 3.05) is 31.2 Å². The number of amides is 1. The van der Waals surface area contributed by atoms with Crippen LogP contribution in [0.4, 0.5) is 5.69 Å². The van der Waals surface area contributed by atoms with Gasteiger partial charge < -0.3 is 20.2 Å². The lowest BCUT2D eigenvalue weighted by Crippen LogP contribution is -2.57. The molecule has 2 aliphatic heterocycles. The number of fused-ring (bicyclic) bond motifs is 1. The van der Waals surface area contributed by atoms with E-state index < -0.39 is 5.54 Å². The number of aryl methyl sites for hydroxylation is 1. The first-order valence-electron chi connectivity index (χ1n) is 10.8. The average molecular weight is 392 g/mol. The zero-order valence-electron chi connectivity index (χ0n) is 16.8. The van der Waals surface area contributed by atoms with Crippen LogP contribution >= 0.6 is 0 Å². The smallest absolute Gasteiger partial charge is 0.247 e. The fourth-order valence-corrected chi connectivity index (χ4v) is 5.46. The Morgan fingerprint density at radius 1 is 1.03 bits per heavy atom. The number of hydrogen-bond acceptors (Lipinski definition) is 4. The molecular weight excluding hydrogens is 362 g/mol. The topological polar surface area (TPSA) is 55.8 Å². The van der Waals surface area contributed by atoms with Gasteiger partial charge in [0, 0.05) is 31.2 Å². The molecule has 2 fully saturated rings. The molecule has 1 amide bonds. The fraction of sp³-hybridized carbons (Fsp3) is 0.458. The highest BCUT2D eigenvalue weighted by Gasteiger charge is 2.50. The monoisotopic (exact) mass is 391 g/mol. The molecular formula is C24H29N3O2. The minimum atomic E-state index is -0.435. The summed E-state index contributed by atoms with van der Waals surface area (Å²) in [5.41, 5.74) is 3.06. The molecule has 0 aromatic heterocycles. The average Bonchev–Trinajstić information content (AvgIpc) is 3.08. The van der Waals surface area contributed by atoms with Crippen LogP contribution in [0.25, 0.3) is 0 Å². The summed E-state index contributed by atoms with van der Waals surface area (Å²) >= 11 is 0. The number of carbonyl (C=O) groups is 1. The van der Waals surface area contributed by atoms with Crippen molar-refractivity contribution in [2.24, 2.45) is 5.92 Å². The molecule has 5 heteroatoms. The van der Waals surface area contributed by atoms with Gasteiger partial charge in [0.25, 0.3) is 0 Å². The molecule has 2 N–H and O–H groups in total. The predicted molar refractivity (Wildman–Crippen MR) is 114 cm³/mol. The molecule has 0 bridgehead atoms. The number of nitrogens with zero attached hydrogens (tertiary/aromatic N) is 2. The summed E-state index contributed by atoms with van der Waals surface area (Å²) in [5, 5.41) is 14.0. The van der Waals surface area contributed by atoms with Crippen LogP contribution in [0.5, 0.6) is 0 Å². The molecule has 2 aromatic carbocycles. The maximum atomic E-state index is 12.8. The summed E-state index contributed by atoms with van der Waals surface area (Å²) in [5.74, 6) is 0.425. The van der Waals surface area contributed by atoms with Crippen LogP contribution < -0.4 is 10.2 Å². The lowest BCUT2D eigenvalue weighted by atomic mass is 9.80. The first kappa shape index (κ1) is 18.6. The summed E-state index contributed by atoms with van der Waals surface area (Å²) in [6, 6.07) is 18.5. The van der Waals surface area contributed by atoms with Crippen LogP contribution in [0.3, 0.4) is 0 Å². The number of hydrogen-bond donors (Lipinski definition) is 2. The zero-order chi connectivity index (χ0) is 19.8. The fourth-order valence-electron chi connectivity index (χ4n) is 5.46. The number of piperidine rings is 1. The Labute approximate surface area is 172 Å². The van der Waals surface area contributed by atoms with Gasteiger partial charge in [0.05, 0.1) is 12.8 Å². The van der Waals surface area contributed by atoms with Crippen molar-refractivity contribution in [2.45, 2.75) is 37.3 Å². The molecule has 152 valence electrons. The van der Waals surface area contributed by atoms with E-state index in [1.807, 2.05) is 24.3 Å². The van der Waals surface area contributed by atoms with E-state index in [1.165, 1.54) is 5.56 Å². The van der Waals surface area contributed by atoms with Gasteiger partial charge in [-0.3, -0.25) is 4.79 Å². The van der Waals surface area contributed by atoms with Crippen LogP contribution in [-0.2, 0) is 11.2 Å². The van der Waals surface area contributed by atoms with Crippen LogP contribution in [0.1, 0.15) is 36.5 Å². The van der Waals surface area contributed by atoms with Crippen LogP contribution in [-0.4, -0.2) is 47.8 Å². The number of aliphatic hydroxyl groups excluding tert-OH is 1. The standard InChI is InChI=1S/C24H29N3O2/c28-22-19(11-10-18-6-4-5-9-21(18)22)16-26-14-12-24(13-15-26)23(29)25-17-27(24)20-7-2-1-3-8-20/h1-9,19,22,28H,10-17H2,(H,25,29)/t19-,22-/m0/s1. The van der Waals surface area contributed by atoms with Gasteiger partial charge in [-0.1, -0.05) is 42.5 Å². The minimum Gasteiger partial charge on any atom is -0.388 e. The first-order valence-corrected chi connectivity index (χ1v) is 10.8. The third-order valence-corrected chi connectivity index (χ3v) is 7.19. The van der Waals surface area contributed by atoms with Gasteiger partial charge in [0.2, 0.25) is 5.91 Å². The van der Waals surface area contributed by atoms with E-state index in [0.29, 0.717) is 6.67 Å². The number of likely N-dealkylation sites (tertiary alicyclic amines) is 1. The summed E-state index contributed by atoms with van der Waals surface area (Å²) in [6.07, 6.45) is 3.34. The Morgan fingerprint density at radius 2 is 1.76 bits per heavy atom. The quantitative estimate of drug-likeness (QED) is 0.845. The predicted octanol–water partition coefficient (Wildman–Crippen LogP) is 2.71. The van der Waals surface area contributed by atoms with Crippen molar-refractivity contribution in [3.63, 3.8) is 0 Å². The lowest BCUT2D eigenvalue weighted by molar-refractivity contribution is -0.125. The molecule has 5 nitrogen and oxygen atoms in total. The maximum absolute atomic E-state index is 12.8. The van der Waals surface area contributed by atoms with Crippen molar-refractivity contribution in [3.05, 3.63) is 65.7 Å².